The van der Waals surface area contributed by atoms with Gasteiger partial charge < -0.3 is 20.5 Å². The molecule has 1 saturated carbocycles. The van der Waals surface area contributed by atoms with E-state index in [1.54, 1.807) is 7.11 Å². The third kappa shape index (κ3) is 5.36. The van der Waals surface area contributed by atoms with Gasteiger partial charge in [-0.05, 0) is 42.4 Å². The topological polar surface area (TPSA) is 70.6 Å². The predicted octanol–water partition coefficient (Wildman–Crippen LogP) is 3.21. The first-order chi connectivity index (χ1) is 11.9. The Morgan fingerprint density at radius 1 is 1.28 bits per heavy atom. The lowest BCUT2D eigenvalue weighted by Crippen LogP contribution is -2.46. The number of amides is 2. The number of urea groups is 1. The number of carbonyl (C=O) groups excluding carboxylic acids is 1. The van der Waals surface area contributed by atoms with Crippen LogP contribution in [0.1, 0.15) is 51.5 Å². The van der Waals surface area contributed by atoms with E-state index in [-0.39, 0.29) is 23.5 Å². The molecule has 3 N–H and O–H groups in total. The number of ether oxygens (including phenoxy) is 1. The highest BCUT2D eigenvalue weighted by Gasteiger charge is 2.36. The third-order valence-corrected chi connectivity index (χ3v) is 5.35. The summed E-state index contributed by atoms with van der Waals surface area (Å²) in [7, 11) is 1.68. The SMILES string of the molecule is COc1cccc(C2(CNC(=O)NCC(C)(C)CCO)CCCC2)c1. The Hall–Kier alpha value is -1.75. The van der Waals surface area contributed by atoms with Gasteiger partial charge in [0, 0.05) is 25.1 Å². The summed E-state index contributed by atoms with van der Waals surface area (Å²) < 4.78 is 5.36. The molecule has 0 unspecified atom stereocenters. The van der Waals surface area contributed by atoms with E-state index in [2.05, 4.69) is 22.8 Å². The van der Waals surface area contributed by atoms with Crippen LogP contribution in [-0.2, 0) is 5.41 Å². The lowest BCUT2D eigenvalue weighted by Gasteiger charge is -2.31. The smallest absolute Gasteiger partial charge is 0.314 e. The molecule has 1 fully saturated rings. The summed E-state index contributed by atoms with van der Waals surface area (Å²) in [5.41, 5.74) is 1.13. The summed E-state index contributed by atoms with van der Waals surface area (Å²) in [6.45, 7) is 5.39. The molecule has 140 valence electrons. The van der Waals surface area contributed by atoms with Crippen LogP contribution in [0.5, 0.6) is 5.75 Å². The maximum Gasteiger partial charge on any atom is 0.314 e. The zero-order valence-electron chi connectivity index (χ0n) is 15.7. The van der Waals surface area contributed by atoms with E-state index in [9.17, 15) is 4.79 Å². The van der Waals surface area contributed by atoms with Crippen molar-refractivity contribution in [1.82, 2.24) is 10.6 Å². The maximum absolute atomic E-state index is 12.2. The van der Waals surface area contributed by atoms with Crippen molar-refractivity contribution >= 4 is 6.03 Å². The highest BCUT2D eigenvalue weighted by Crippen LogP contribution is 2.41. The summed E-state index contributed by atoms with van der Waals surface area (Å²) in [5, 5.41) is 15.1. The molecule has 0 heterocycles. The Kier molecular flexibility index (Phi) is 6.71. The molecule has 0 radical (unpaired) electrons. The standard InChI is InChI=1S/C20H32N2O3/c1-19(2,11-12-23)14-21-18(24)22-15-20(9-4-5-10-20)16-7-6-8-17(13-16)25-3/h6-8,13,23H,4-5,9-12,14-15H2,1-3H3,(H2,21,22,24). The number of methoxy groups -OCH3 is 1. The molecule has 2 rings (SSSR count). The van der Waals surface area contributed by atoms with Gasteiger partial charge in [0.15, 0.2) is 0 Å². The van der Waals surface area contributed by atoms with Crippen molar-refractivity contribution in [2.24, 2.45) is 5.41 Å². The Morgan fingerprint density at radius 2 is 2.00 bits per heavy atom. The molecule has 0 aliphatic heterocycles. The van der Waals surface area contributed by atoms with E-state index in [0.717, 1.165) is 18.6 Å². The van der Waals surface area contributed by atoms with Gasteiger partial charge in [0.2, 0.25) is 0 Å². The summed E-state index contributed by atoms with van der Waals surface area (Å²) in [4.78, 5) is 12.2. The fourth-order valence-electron chi connectivity index (χ4n) is 3.59. The minimum Gasteiger partial charge on any atom is -0.497 e. The van der Waals surface area contributed by atoms with E-state index in [0.29, 0.717) is 19.5 Å². The van der Waals surface area contributed by atoms with E-state index >= 15 is 0 Å². The molecule has 5 heteroatoms. The van der Waals surface area contributed by atoms with Crippen molar-refractivity contribution in [2.45, 2.75) is 51.4 Å². The van der Waals surface area contributed by atoms with Gasteiger partial charge in [-0.15, -0.1) is 0 Å². The van der Waals surface area contributed by atoms with Gasteiger partial charge in [0.05, 0.1) is 7.11 Å². The Bertz CT molecular complexity index is 566. The number of hydrogen-bond donors (Lipinski definition) is 3. The Labute approximate surface area is 151 Å². The van der Waals surface area contributed by atoms with Crippen LogP contribution in [0.25, 0.3) is 0 Å². The van der Waals surface area contributed by atoms with Crippen LogP contribution in [0.15, 0.2) is 24.3 Å². The number of nitrogens with one attached hydrogen (secondary N) is 2. The summed E-state index contributed by atoms with van der Waals surface area (Å²) in [5.74, 6) is 0.860. The molecule has 1 aromatic rings. The predicted molar refractivity (Wildman–Crippen MR) is 100 cm³/mol. The molecule has 0 bridgehead atoms. The summed E-state index contributed by atoms with van der Waals surface area (Å²) in [6.07, 6.45) is 5.20. The van der Waals surface area contributed by atoms with Crippen molar-refractivity contribution in [3.8, 4) is 5.75 Å². The van der Waals surface area contributed by atoms with Crippen LogP contribution in [0.4, 0.5) is 4.79 Å². The minimum atomic E-state index is -0.139. The zero-order valence-corrected chi connectivity index (χ0v) is 15.7. The van der Waals surface area contributed by atoms with Crippen molar-refractivity contribution in [3.05, 3.63) is 29.8 Å². The molecule has 5 nitrogen and oxygen atoms in total. The van der Waals surface area contributed by atoms with Crippen LogP contribution in [0.2, 0.25) is 0 Å². The molecule has 0 saturated heterocycles. The molecule has 0 atom stereocenters. The largest absolute Gasteiger partial charge is 0.497 e. The second-order valence-corrected chi connectivity index (χ2v) is 7.89. The van der Waals surface area contributed by atoms with Crippen LogP contribution in [0, 0.1) is 5.41 Å². The van der Waals surface area contributed by atoms with Gasteiger partial charge in [-0.1, -0.05) is 38.8 Å². The van der Waals surface area contributed by atoms with Gasteiger partial charge in [-0.2, -0.15) is 0 Å². The van der Waals surface area contributed by atoms with E-state index in [1.807, 2.05) is 26.0 Å². The second kappa shape index (κ2) is 8.56. The molecule has 1 aliphatic carbocycles. The quantitative estimate of drug-likeness (QED) is 0.675. The highest BCUT2D eigenvalue weighted by molar-refractivity contribution is 5.74. The van der Waals surface area contributed by atoms with Crippen molar-refractivity contribution in [1.29, 1.82) is 0 Å². The van der Waals surface area contributed by atoms with Crippen LogP contribution < -0.4 is 15.4 Å². The number of carbonyl (C=O) groups is 1. The number of rotatable bonds is 8. The van der Waals surface area contributed by atoms with E-state index < -0.39 is 0 Å². The molecule has 1 aliphatic rings. The summed E-state index contributed by atoms with van der Waals surface area (Å²) >= 11 is 0. The number of benzene rings is 1. The average Bonchev–Trinajstić information content (AvgIpc) is 3.08. The van der Waals surface area contributed by atoms with Crippen molar-refractivity contribution in [2.75, 3.05) is 26.8 Å². The van der Waals surface area contributed by atoms with Gasteiger partial charge >= 0.3 is 6.03 Å². The average molecular weight is 348 g/mol. The molecule has 0 aromatic heterocycles. The fourth-order valence-corrected chi connectivity index (χ4v) is 3.59. The number of aliphatic hydroxyl groups excluding tert-OH is 1. The molecule has 2 amide bonds. The first kappa shape index (κ1) is 19.6. The number of aliphatic hydroxyl groups is 1. The molecule has 0 spiro atoms. The van der Waals surface area contributed by atoms with E-state index in [4.69, 9.17) is 9.84 Å². The second-order valence-electron chi connectivity index (χ2n) is 7.89. The fraction of sp³-hybridized carbons (Fsp3) is 0.650. The first-order valence-corrected chi connectivity index (χ1v) is 9.18. The normalized spacial score (nSPS) is 16.5. The van der Waals surface area contributed by atoms with Gasteiger partial charge in [-0.3, -0.25) is 0 Å². The highest BCUT2D eigenvalue weighted by atomic mass is 16.5. The lowest BCUT2D eigenvalue weighted by atomic mass is 9.78. The lowest BCUT2D eigenvalue weighted by molar-refractivity contribution is 0.200. The van der Waals surface area contributed by atoms with E-state index in [1.165, 1.54) is 18.4 Å². The maximum atomic E-state index is 12.2. The first-order valence-electron chi connectivity index (χ1n) is 9.18. The Balaban J connectivity index is 1.96. The zero-order chi connectivity index (χ0) is 18.3. The van der Waals surface area contributed by atoms with Gasteiger partial charge in [0.1, 0.15) is 5.75 Å². The van der Waals surface area contributed by atoms with Crippen molar-refractivity contribution in [3.63, 3.8) is 0 Å². The van der Waals surface area contributed by atoms with Gasteiger partial charge in [-0.25, -0.2) is 4.79 Å². The van der Waals surface area contributed by atoms with Crippen LogP contribution >= 0.6 is 0 Å². The monoisotopic (exact) mass is 348 g/mol. The van der Waals surface area contributed by atoms with Crippen LogP contribution in [0.3, 0.4) is 0 Å². The molecular weight excluding hydrogens is 316 g/mol. The van der Waals surface area contributed by atoms with Crippen LogP contribution in [-0.4, -0.2) is 37.9 Å². The van der Waals surface area contributed by atoms with Gasteiger partial charge in [0.25, 0.3) is 0 Å². The molecular formula is C20H32N2O3. The van der Waals surface area contributed by atoms with Crippen molar-refractivity contribution < 1.29 is 14.6 Å². The Morgan fingerprint density at radius 3 is 2.64 bits per heavy atom. The summed E-state index contributed by atoms with van der Waals surface area (Å²) in [6, 6.07) is 8.06. The third-order valence-electron chi connectivity index (χ3n) is 5.35. The molecule has 25 heavy (non-hydrogen) atoms. The minimum absolute atomic E-state index is 0.00744. The molecule has 1 aromatic carbocycles. The number of hydrogen-bond acceptors (Lipinski definition) is 3.